The number of benzene rings is 2. The smallest absolute Gasteiger partial charge is 0.138 e. The number of phenols is 1. The number of aliphatic hydroxyl groups is 1. The third kappa shape index (κ3) is 1.57. The molecule has 3 atom stereocenters. The summed E-state index contributed by atoms with van der Waals surface area (Å²) in [6.45, 7) is 4.41. The molecule has 0 spiro atoms. The molecule has 4 N–H and O–H groups in total. The van der Waals surface area contributed by atoms with Crippen LogP contribution in [-0.2, 0) is 10.8 Å². The van der Waals surface area contributed by atoms with Crippen LogP contribution >= 0.6 is 0 Å². The first-order valence-corrected chi connectivity index (χ1v) is 8.91. The highest BCUT2D eigenvalue weighted by atomic mass is 16.3. The first kappa shape index (κ1) is 15.5. The number of aromatic hydroxyl groups is 1. The standard InChI is InChI=1S/C23H21NO2/c1-22-14-5-3-4-6-15(14)23(2,17-10-8-13(25)7-9-16(17)22)19-12-21(26)20(24)11-18(19)22/h3-13,25-26H,24H2,1-2H3. The Morgan fingerprint density at radius 1 is 0.846 bits per heavy atom. The van der Waals surface area contributed by atoms with Gasteiger partial charge in [-0.1, -0.05) is 48.6 Å². The lowest BCUT2D eigenvalue weighted by atomic mass is 9.48. The van der Waals surface area contributed by atoms with Crippen molar-refractivity contribution in [3.8, 4) is 5.75 Å². The third-order valence-corrected chi connectivity index (χ3v) is 6.54. The highest BCUT2D eigenvalue weighted by molar-refractivity contribution is 5.78. The lowest BCUT2D eigenvalue weighted by Gasteiger charge is -2.54. The quantitative estimate of drug-likeness (QED) is 0.505. The maximum atomic E-state index is 10.3. The van der Waals surface area contributed by atoms with Gasteiger partial charge in [-0.15, -0.1) is 0 Å². The Bertz CT molecular complexity index is 980. The van der Waals surface area contributed by atoms with Gasteiger partial charge < -0.3 is 15.9 Å². The van der Waals surface area contributed by atoms with Crippen LogP contribution in [0.1, 0.15) is 36.1 Å². The Morgan fingerprint density at radius 3 is 1.88 bits per heavy atom. The van der Waals surface area contributed by atoms with Gasteiger partial charge in [0, 0.05) is 10.8 Å². The van der Waals surface area contributed by atoms with Gasteiger partial charge >= 0.3 is 0 Å². The Morgan fingerprint density at radius 2 is 1.35 bits per heavy atom. The molecule has 2 aromatic carbocycles. The second-order valence-corrected chi connectivity index (χ2v) is 7.79. The van der Waals surface area contributed by atoms with Crippen LogP contribution in [0, 0.1) is 0 Å². The van der Waals surface area contributed by atoms with E-state index >= 15 is 0 Å². The van der Waals surface area contributed by atoms with E-state index in [9.17, 15) is 10.2 Å². The summed E-state index contributed by atoms with van der Waals surface area (Å²) < 4.78 is 0. The van der Waals surface area contributed by atoms with E-state index in [0.717, 1.165) is 11.1 Å². The van der Waals surface area contributed by atoms with Crippen molar-refractivity contribution in [1.82, 2.24) is 0 Å². The molecule has 3 nitrogen and oxygen atoms in total. The van der Waals surface area contributed by atoms with Crippen molar-refractivity contribution in [1.29, 1.82) is 0 Å². The molecule has 0 radical (unpaired) electrons. The fourth-order valence-corrected chi connectivity index (χ4v) is 5.16. The molecular weight excluding hydrogens is 322 g/mol. The van der Waals surface area contributed by atoms with E-state index in [0.29, 0.717) is 5.69 Å². The fraction of sp³-hybridized carbons (Fsp3) is 0.217. The van der Waals surface area contributed by atoms with Crippen molar-refractivity contribution < 1.29 is 10.2 Å². The number of rotatable bonds is 0. The summed E-state index contributed by atoms with van der Waals surface area (Å²) in [5, 5.41) is 20.5. The normalized spacial score (nSPS) is 30.7. The molecule has 26 heavy (non-hydrogen) atoms. The number of phenolic OH excluding ortho intramolecular Hbond substituents is 1. The molecule has 2 bridgehead atoms. The summed E-state index contributed by atoms with van der Waals surface area (Å²) in [7, 11) is 0. The van der Waals surface area contributed by atoms with Crippen molar-refractivity contribution in [3.05, 3.63) is 94.1 Å². The third-order valence-electron chi connectivity index (χ3n) is 6.54. The van der Waals surface area contributed by atoms with E-state index < -0.39 is 11.5 Å². The molecule has 2 aromatic rings. The lowest BCUT2D eigenvalue weighted by molar-refractivity contribution is 0.271. The predicted molar refractivity (Wildman–Crippen MR) is 103 cm³/mol. The number of hydrogen-bond donors (Lipinski definition) is 3. The molecule has 0 saturated heterocycles. The zero-order valence-electron chi connectivity index (χ0n) is 14.8. The topological polar surface area (TPSA) is 66.5 Å². The van der Waals surface area contributed by atoms with Crippen molar-refractivity contribution in [2.45, 2.75) is 30.8 Å². The highest BCUT2D eigenvalue weighted by Crippen LogP contribution is 2.63. The van der Waals surface area contributed by atoms with Crippen LogP contribution in [0.4, 0.5) is 5.69 Å². The Labute approximate surface area is 152 Å². The Kier molecular flexibility index (Phi) is 2.79. The molecule has 4 aliphatic carbocycles. The summed E-state index contributed by atoms with van der Waals surface area (Å²) in [6, 6.07) is 12.2. The van der Waals surface area contributed by atoms with Crippen LogP contribution in [0.2, 0.25) is 0 Å². The average molecular weight is 343 g/mol. The zero-order chi connectivity index (χ0) is 18.3. The Hall–Kier alpha value is -2.78. The Balaban J connectivity index is 1.98. The molecule has 0 fully saturated rings. The van der Waals surface area contributed by atoms with Crippen LogP contribution < -0.4 is 5.73 Å². The molecule has 0 amide bonds. The number of anilines is 1. The summed E-state index contributed by atoms with van der Waals surface area (Å²) in [5.74, 6) is 0.119. The van der Waals surface area contributed by atoms with Crippen molar-refractivity contribution >= 4 is 5.69 Å². The van der Waals surface area contributed by atoms with E-state index in [1.54, 1.807) is 0 Å². The van der Waals surface area contributed by atoms with Gasteiger partial charge in [-0.2, -0.15) is 0 Å². The van der Waals surface area contributed by atoms with Gasteiger partial charge in [0.2, 0.25) is 0 Å². The molecule has 3 unspecified atom stereocenters. The van der Waals surface area contributed by atoms with Gasteiger partial charge in [-0.25, -0.2) is 0 Å². The minimum absolute atomic E-state index is 0.119. The first-order chi connectivity index (χ1) is 12.4. The van der Waals surface area contributed by atoms with E-state index in [2.05, 4.69) is 44.2 Å². The van der Waals surface area contributed by atoms with Crippen LogP contribution in [-0.4, -0.2) is 16.3 Å². The van der Waals surface area contributed by atoms with Crippen LogP contribution in [0.5, 0.6) is 5.75 Å². The van der Waals surface area contributed by atoms with Crippen molar-refractivity contribution in [2.75, 3.05) is 5.73 Å². The van der Waals surface area contributed by atoms with Crippen molar-refractivity contribution in [2.24, 2.45) is 0 Å². The van der Waals surface area contributed by atoms with Gasteiger partial charge in [-0.05, 0) is 59.4 Å². The number of allylic oxidation sites excluding steroid dienone is 4. The highest BCUT2D eigenvalue weighted by Gasteiger charge is 2.55. The van der Waals surface area contributed by atoms with Gasteiger partial charge in [0.15, 0.2) is 0 Å². The molecule has 3 heteroatoms. The van der Waals surface area contributed by atoms with Gasteiger partial charge in [-0.3, -0.25) is 0 Å². The van der Waals surface area contributed by atoms with Gasteiger partial charge in [0.05, 0.1) is 11.8 Å². The molecular formula is C23H21NO2. The largest absolute Gasteiger partial charge is 0.506 e. The molecule has 0 saturated carbocycles. The predicted octanol–water partition coefficient (Wildman–Crippen LogP) is 3.70. The summed E-state index contributed by atoms with van der Waals surface area (Å²) >= 11 is 0. The summed E-state index contributed by atoms with van der Waals surface area (Å²) in [4.78, 5) is 0. The maximum Gasteiger partial charge on any atom is 0.138 e. The number of aliphatic hydroxyl groups excluding tert-OH is 1. The molecule has 4 aliphatic rings. The SMILES string of the molecule is CC12C3=C(C=CC(O)C=C3)C(C)(c3ccccc31)c1cc(O)c(N)cc12. The molecule has 6 rings (SSSR count). The molecule has 0 aromatic heterocycles. The minimum atomic E-state index is -0.600. The van der Waals surface area contributed by atoms with Gasteiger partial charge in [0.1, 0.15) is 5.75 Å². The van der Waals surface area contributed by atoms with Crippen molar-refractivity contribution in [3.63, 3.8) is 0 Å². The van der Waals surface area contributed by atoms with E-state index in [1.165, 1.54) is 22.3 Å². The molecule has 0 aliphatic heterocycles. The monoisotopic (exact) mass is 343 g/mol. The second kappa shape index (κ2) is 4.68. The van der Waals surface area contributed by atoms with E-state index in [4.69, 9.17) is 5.73 Å². The summed E-state index contributed by atoms with van der Waals surface area (Å²) in [6.07, 6.45) is 7.16. The average Bonchev–Trinajstić information content (AvgIpc) is 2.83. The maximum absolute atomic E-state index is 10.3. The van der Waals surface area contributed by atoms with Gasteiger partial charge in [0.25, 0.3) is 0 Å². The summed E-state index contributed by atoms with van der Waals surface area (Å²) in [5.41, 5.74) is 12.8. The number of nitrogens with two attached hydrogens (primary N) is 1. The van der Waals surface area contributed by atoms with E-state index in [1.807, 2.05) is 30.4 Å². The zero-order valence-corrected chi connectivity index (χ0v) is 14.8. The first-order valence-electron chi connectivity index (χ1n) is 8.91. The van der Waals surface area contributed by atoms with Crippen LogP contribution in [0.3, 0.4) is 0 Å². The fourth-order valence-electron chi connectivity index (χ4n) is 5.16. The second-order valence-electron chi connectivity index (χ2n) is 7.79. The molecule has 0 heterocycles. The van der Waals surface area contributed by atoms with E-state index in [-0.39, 0.29) is 11.2 Å². The number of nitrogen functional groups attached to an aromatic ring is 1. The van der Waals surface area contributed by atoms with Crippen LogP contribution in [0.15, 0.2) is 71.8 Å². The lowest BCUT2D eigenvalue weighted by Crippen LogP contribution is -2.47. The molecule has 130 valence electrons. The minimum Gasteiger partial charge on any atom is -0.506 e. The van der Waals surface area contributed by atoms with Crippen LogP contribution in [0.25, 0.3) is 0 Å². The number of hydrogen-bond acceptors (Lipinski definition) is 3.